The summed E-state index contributed by atoms with van der Waals surface area (Å²) in [7, 11) is 0. The molecule has 0 spiro atoms. The first-order chi connectivity index (χ1) is 9.38. The maximum atomic E-state index is 4.02. The van der Waals surface area contributed by atoms with Gasteiger partial charge in [0.15, 0.2) is 0 Å². The van der Waals surface area contributed by atoms with Gasteiger partial charge in [-0.25, -0.2) is 0 Å². The lowest BCUT2D eigenvalue weighted by molar-refractivity contribution is 0.138. The van der Waals surface area contributed by atoms with Crippen molar-refractivity contribution >= 4 is 0 Å². The smallest absolute Gasteiger partial charge is 0.0209 e. The number of rotatable bonds is 3. The van der Waals surface area contributed by atoms with Gasteiger partial charge < -0.3 is 5.32 Å². The van der Waals surface area contributed by atoms with Crippen LogP contribution >= 0.6 is 0 Å². The van der Waals surface area contributed by atoms with Crippen LogP contribution < -0.4 is 5.32 Å². The topological polar surface area (TPSA) is 15.3 Å². The molecule has 2 nitrogen and oxygen atoms in total. The van der Waals surface area contributed by atoms with Gasteiger partial charge in [-0.3, -0.25) is 4.90 Å². The van der Waals surface area contributed by atoms with Gasteiger partial charge in [0.2, 0.25) is 0 Å². The Morgan fingerprint density at radius 3 is 2.42 bits per heavy atom. The summed E-state index contributed by atoms with van der Waals surface area (Å²) in [5, 5.41) is 4.02. The second-order valence-corrected chi connectivity index (χ2v) is 7.69. The monoisotopic (exact) mass is 262 g/mol. The van der Waals surface area contributed by atoms with Gasteiger partial charge in [0, 0.05) is 31.2 Å². The highest BCUT2D eigenvalue weighted by Gasteiger charge is 2.37. The third-order valence-electron chi connectivity index (χ3n) is 6.29. The molecule has 1 saturated heterocycles. The van der Waals surface area contributed by atoms with Crippen LogP contribution in [0.4, 0.5) is 0 Å². The average molecular weight is 262 g/mol. The van der Waals surface area contributed by atoms with Gasteiger partial charge in [-0.1, -0.05) is 25.7 Å². The van der Waals surface area contributed by atoms with E-state index < -0.39 is 0 Å². The van der Waals surface area contributed by atoms with Crippen molar-refractivity contribution in [2.24, 2.45) is 11.8 Å². The number of likely N-dealkylation sites (tertiary alicyclic amines) is 1. The summed E-state index contributed by atoms with van der Waals surface area (Å²) in [4.78, 5) is 2.74. The molecule has 0 aromatic rings. The van der Waals surface area contributed by atoms with Crippen LogP contribution in [0, 0.1) is 11.8 Å². The summed E-state index contributed by atoms with van der Waals surface area (Å²) in [6.07, 6.45) is 14.9. The zero-order valence-electron chi connectivity index (χ0n) is 12.3. The Balaban J connectivity index is 1.26. The highest BCUT2D eigenvalue weighted by molar-refractivity contribution is 4.94. The normalized spacial score (nSPS) is 44.2. The van der Waals surface area contributed by atoms with Crippen LogP contribution in [-0.4, -0.2) is 36.1 Å². The average Bonchev–Trinajstić information content (AvgIpc) is 3.20. The molecule has 4 atom stereocenters. The lowest BCUT2D eigenvalue weighted by Crippen LogP contribution is -2.44. The second-order valence-electron chi connectivity index (χ2n) is 7.69. The van der Waals surface area contributed by atoms with Crippen molar-refractivity contribution in [1.82, 2.24) is 10.2 Å². The van der Waals surface area contributed by atoms with Gasteiger partial charge in [0.1, 0.15) is 0 Å². The summed E-state index contributed by atoms with van der Waals surface area (Å²) in [6, 6.07) is 2.63. The van der Waals surface area contributed by atoms with Crippen LogP contribution in [0.1, 0.15) is 64.2 Å². The Kier molecular flexibility index (Phi) is 3.57. The second kappa shape index (κ2) is 5.37. The van der Waals surface area contributed by atoms with Gasteiger partial charge in [-0.15, -0.1) is 0 Å². The molecule has 0 bridgehead atoms. The minimum absolute atomic E-state index is 0.811. The third-order valence-corrected chi connectivity index (χ3v) is 6.29. The van der Waals surface area contributed by atoms with Crippen molar-refractivity contribution in [3.63, 3.8) is 0 Å². The fraction of sp³-hybridized carbons (Fsp3) is 1.00. The summed E-state index contributed by atoms with van der Waals surface area (Å²) >= 11 is 0. The fourth-order valence-electron chi connectivity index (χ4n) is 5.05. The van der Waals surface area contributed by atoms with E-state index >= 15 is 0 Å². The molecule has 19 heavy (non-hydrogen) atoms. The molecule has 1 heterocycles. The molecule has 3 aliphatic carbocycles. The Morgan fingerprint density at radius 1 is 0.737 bits per heavy atom. The minimum Gasteiger partial charge on any atom is -0.310 e. The first-order valence-electron chi connectivity index (χ1n) is 8.88. The van der Waals surface area contributed by atoms with Crippen molar-refractivity contribution in [1.29, 1.82) is 0 Å². The summed E-state index contributed by atoms with van der Waals surface area (Å²) < 4.78 is 0. The number of hydrogen-bond acceptors (Lipinski definition) is 2. The Bertz CT molecular complexity index is 312. The lowest BCUT2D eigenvalue weighted by Gasteiger charge is -2.40. The van der Waals surface area contributed by atoms with E-state index in [0.717, 1.165) is 30.0 Å². The van der Waals surface area contributed by atoms with Crippen molar-refractivity contribution in [2.75, 3.05) is 13.1 Å². The van der Waals surface area contributed by atoms with Gasteiger partial charge in [-0.05, 0) is 50.4 Å². The lowest BCUT2D eigenvalue weighted by atomic mass is 9.69. The van der Waals surface area contributed by atoms with Gasteiger partial charge in [-0.2, -0.15) is 0 Å². The van der Waals surface area contributed by atoms with Crippen LogP contribution in [0.2, 0.25) is 0 Å². The number of nitrogens with zero attached hydrogens (tertiary/aromatic N) is 1. The first-order valence-corrected chi connectivity index (χ1v) is 8.88. The van der Waals surface area contributed by atoms with Gasteiger partial charge in [0.25, 0.3) is 0 Å². The molecular formula is C17H30N2. The van der Waals surface area contributed by atoms with Crippen molar-refractivity contribution in [2.45, 2.75) is 82.3 Å². The van der Waals surface area contributed by atoms with E-state index in [-0.39, 0.29) is 0 Å². The van der Waals surface area contributed by atoms with E-state index in [2.05, 4.69) is 10.2 Å². The highest BCUT2D eigenvalue weighted by Crippen LogP contribution is 2.40. The molecule has 0 radical (unpaired) electrons. The van der Waals surface area contributed by atoms with Crippen LogP contribution in [0.25, 0.3) is 0 Å². The molecule has 4 fully saturated rings. The largest absolute Gasteiger partial charge is 0.310 e. The SMILES string of the molecule is C1CCC2CC(NC3CCN(C4CC4)C3)CCC2C1. The Hall–Kier alpha value is -0.0800. The first kappa shape index (κ1) is 12.6. The van der Waals surface area contributed by atoms with Gasteiger partial charge >= 0.3 is 0 Å². The summed E-state index contributed by atoms with van der Waals surface area (Å²) in [5.41, 5.74) is 0. The van der Waals surface area contributed by atoms with Crippen molar-refractivity contribution in [3.8, 4) is 0 Å². The standard InChI is InChI=1S/C17H30N2/c1-2-4-14-11-15(6-5-13(14)3-1)18-16-9-10-19(12-16)17-7-8-17/h13-18H,1-12H2. The zero-order valence-corrected chi connectivity index (χ0v) is 12.3. The molecule has 108 valence electrons. The molecule has 4 aliphatic rings. The van der Waals surface area contributed by atoms with Crippen LogP contribution in [0.5, 0.6) is 0 Å². The molecule has 1 N–H and O–H groups in total. The molecule has 2 heteroatoms. The van der Waals surface area contributed by atoms with Gasteiger partial charge in [0.05, 0.1) is 0 Å². The van der Waals surface area contributed by atoms with E-state index in [9.17, 15) is 0 Å². The predicted octanol–water partition coefficient (Wildman–Crippen LogP) is 3.17. The van der Waals surface area contributed by atoms with E-state index in [1.54, 1.807) is 0 Å². The van der Waals surface area contributed by atoms with Crippen LogP contribution in [-0.2, 0) is 0 Å². The Morgan fingerprint density at radius 2 is 1.58 bits per heavy atom. The highest BCUT2D eigenvalue weighted by atomic mass is 15.2. The molecule has 4 unspecified atom stereocenters. The third kappa shape index (κ3) is 2.85. The van der Waals surface area contributed by atoms with E-state index in [1.165, 1.54) is 77.3 Å². The maximum Gasteiger partial charge on any atom is 0.0209 e. The van der Waals surface area contributed by atoms with Crippen molar-refractivity contribution in [3.05, 3.63) is 0 Å². The maximum absolute atomic E-state index is 4.02. The number of fused-ring (bicyclic) bond motifs is 1. The molecule has 3 saturated carbocycles. The van der Waals surface area contributed by atoms with E-state index in [0.29, 0.717) is 0 Å². The molecule has 0 amide bonds. The zero-order chi connectivity index (χ0) is 12.7. The Labute approximate surface area is 118 Å². The summed E-state index contributed by atoms with van der Waals surface area (Å²) in [5.74, 6) is 2.17. The fourth-order valence-corrected chi connectivity index (χ4v) is 5.05. The molecule has 1 aliphatic heterocycles. The van der Waals surface area contributed by atoms with Crippen molar-refractivity contribution < 1.29 is 0 Å². The minimum atomic E-state index is 0.811. The quantitative estimate of drug-likeness (QED) is 0.840. The number of hydrogen-bond donors (Lipinski definition) is 1. The number of nitrogens with one attached hydrogen (secondary N) is 1. The van der Waals surface area contributed by atoms with E-state index in [1.807, 2.05) is 0 Å². The van der Waals surface area contributed by atoms with Crippen LogP contribution in [0.15, 0.2) is 0 Å². The van der Waals surface area contributed by atoms with E-state index in [4.69, 9.17) is 0 Å². The molecular weight excluding hydrogens is 232 g/mol. The molecule has 0 aromatic carbocycles. The predicted molar refractivity (Wildman–Crippen MR) is 79.2 cm³/mol. The molecule has 4 rings (SSSR count). The van der Waals surface area contributed by atoms with Crippen LogP contribution in [0.3, 0.4) is 0 Å². The summed E-state index contributed by atoms with van der Waals surface area (Å²) in [6.45, 7) is 2.70. The molecule has 0 aromatic heterocycles.